The normalized spacial score (nSPS) is 10.3. The molecular formula is C10H19N5O2. The van der Waals surface area contributed by atoms with Crippen molar-refractivity contribution in [1.29, 1.82) is 0 Å². The van der Waals surface area contributed by atoms with Gasteiger partial charge in [0.05, 0.1) is 19.8 Å². The van der Waals surface area contributed by atoms with Crippen molar-refractivity contribution in [1.82, 2.24) is 9.97 Å². The molecule has 0 saturated carbocycles. The van der Waals surface area contributed by atoms with Crippen LogP contribution in [0.1, 0.15) is 12.7 Å². The first kappa shape index (κ1) is 13.6. The molecule has 0 aliphatic heterocycles. The number of rotatable bonds is 8. The topological polar surface area (TPSA) is 105 Å². The van der Waals surface area contributed by atoms with Gasteiger partial charge in [0.25, 0.3) is 0 Å². The molecule has 7 heteroatoms. The van der Waals surface area contributed by atoms with Gasteiger partial charge in [0.2, 0.25) is 0 Å². The molecule has 1 aromatic rings. The maximum absolute atomic E-state index is 8.53. The third-order valence-electron chi connectivity index (χ3n) is 2.02. The third kappa shape index (κ3) is 4.94. The van der Waals surface area contributed by atoms with E-state index < -0.39 is 0 Å². The van der Waals surface area contributed by atoms with E-state index in [4.69, 9.17) is 15.7 Å². The van der Waals surface area contributed by atoms with E-state index in [0.717, 1.165) is 12.2 Å². The zero-order valence-electron chi connectivity index (χ0n) is 9.94. The fraction of sp³-hybridized carbons (Fsp3) is 0.600. The molecule has 96 valence electrons. The van der Waals surface area contributed by atoms with Gasteiger partial charge >= 0.3 is 0 Å². The summed E-state index contributed by atoms with van der Waals surface area (Å²) in [6.07, 6.45) is 0.741. The molecule has 0 radical (unpaired) electrons. The van der Waals surface area contributed by atoms with Gasteiger partial charge < -0.3 is 20.6 Å². The third-order valence-corrected chi connectivity index (χ3v) is 2.02. The molecule has 1 aromatic heterocycles. The van der Waals surface area contributed by atoms with Crippen molar-refractivity contribution >= 4 is 11.6 Å². The Morgan fingerprint density at radius 3 is 2.76 bits per heavy atom. The summed E-state index contributed by atoms with van der Waals surface area (Å²) in [5.74, 6) is 7.32. The average molecular weight is 241 g/mol. The van der Waals surface area contributed by atoms with Crippen LogP contribution in [-0.4, -0.2) is 41.4 Å². The SMILES string of the molecule is CCc1nc(NN)cc(NCCOCCO)n1. The molecule has 0 fully saturated rings. The number of nitrogens with two attached hydrogens (primary N) is 1. The van der Waals surface area contributed by atoms with E-state index in [2.05, 4.69) is 20.7 Å². The van der Waals surface area contributed by atoms with Crippen molar-refractivity contribution in [3.8, 4) is 0 Å². The number of anilines is 2. The van der Waals surface area contributed by atoms with E-state index in [1.165, 1.54) is 0 Å². The molecule has 7 nitrogen and oxygen atoms in total. The predicted molar refractivity (Wildman–Crippen MR) is 65.6 cm³/mol. The van der Waals surface area contributed by atoms with Gasteiger partial charge in [0, 0.05) is 19.0 Å². The molecule has 0 aliphatic carbocycles. The largest absolute Gasteiger partial charge is 0.394 e. The first-order valence-electron chi connectivity index (χ1n) is 5.57. The Hall–Kier alpha value is -1.44. The van der Waals surface area contributed by atoms with Crippen LogP contribution in [0.5, 0.6) is 0 Å². The minimum Gasteiger partial charge on any atom is -0.394 e. The van der Waals surface area contributed by atoms with Crippen molar-refractivity contribution in [3.63, 3.8) is 0 Å². The zero-order chi connectivity index (χ0) is 12.5. The smallest absolute Gasteiger partial charge is 0.145 e. The molecule has 0 amide bonds. The highest BCUT2D eigenvalue weighted by molar-refractivity contribution is 5.46. The van der Waals surface area contributed by atoms with Crippen LogP contribution in [0.3, 0.4) is 0 Å². The summed E-state index contributed by atoms with van der Waals surface area (Å²) in [5, 5.41) is 11.6. The number of aliphatic hydroxyl groups excluding tert-OH is 1. The lowest BCUT2D eigenvalue weighted by Gasteiger charge is -2.09. The summed E-state index contributed by atoms with van der Waals surface area (Å²) in [7, 11) is 0. The van der Waals surface area contributed by atoms with Gasteiger partial charge in [0.15, 0.2) is 0 Å². The van der Waals surface area contributed by atoms with Crippen LogP contribution < -0.4 is 16.6 Å². The Labute approximate surface area is 100 Å². The lowest BCUT2D eigenvalue weighted by Crippen LogP contribution is -2.15. The number of hydrogen-bond acceptors (Lipinski definition) is 7. The summed E-state index contributed by atoms with van der Waals surface area (Å²) in [6, 6.07) is 1.73. The quantitative estimate of drug-likeness (QED) is 0.282. The Bertz CT molecular complexity index is 312. The summed E-state index contributed by atoms with van der Waals surface area (Å²) in [6.45, 7) is 3.49. The molecule has 1 heterocycles. The summed E-state index contributed by atoms with van der Waals surface area (Å²) in [5.41, 5.74) is 2.50. The van der Waals surface area contributed by atoms with Crippen LogP contribution in [0.25, 0.3) is 0 Å². The number of nitrogens with zero attached hydrogens (tertiary/aromatic N) is 2. The monoisotopic (exact) mass is 241 g/mol. The summed E-state index contributed by atoms with van der Waals surface area (Å²) < 4.78 is 5.12. The average Bonchev–Trinajstić information content (AvgIpc) is 2.38. The number of aromatic nitrogens is 2. The molecule has 0 aromatic carbocycles. The molecule has 0 saturated heterocycles. The molecule has 0 unspecified atom stereocenters. The number of nitrogens with one attached hydrogen (secondary N) is 2. The molecule has 17 heavy (non-hydrogen) atoms. The summed E-state index contributed by atoms with van der Waals surface area (Å²) in [4.78, 5) is 8.47. The fourth-order valence-corrected chi connectivity index (χ4v) is 1.24. The minimum atomic E-state index is 0.0364. The number of hydrazine groups is 1. The second-order valence-electron chi connectivity index (χ2n) is 3.32. The first-order chi connectivity index (χ1) is 8.30. The van der Waals surface area contributed by atoms with Crippen molar-refractivity contribution < 1.29 is 9.84 Å². The second kappa shape index (κ2) is 7.77. The van der Waals surface area contributed by atoms with Crippen LogP contribution in [0, 0.1) is 0 Å². The van der Waals surface area contributed by atoms with Crippen LogP contribution in [0.2, 0.25) is 0 Å². The summed E-state index contributed by atoms with van der Waals surface area (Å²) >= 11 is 0. The second-order valence-corrected chi connectivity index (χ2v) is 3.32. The van der Waals surface area contributed by atoms with Crippen LogP contribution in [-0.2, 0) is 11.2 Å². The number of nitrogen functional groups attached to an aromatic ring is 1. The molecule has 0 atom stereocenters. The molecular weight excluding hydrogens is 222 g/mol. The number of ether oxygens (including phenoxy) is 1. The van der Waals surface area contributed by atoms with Gasteiger partial charge in [-0.25, -0.2) is 15.8 Å². The molecule has 0 aliphatic rings. The highest BCUT2D eigenvalue weighted by Crippen LogP contribution is 2.10. The Balaban J connectivity index is 2.46. The Kier molecular flexibility index (Phi) is 6.23. The van der Waals surface area contributed by atoms with Gasteiger partial charge in [-0.3, -0.25) is 0 Å². The Morgan fingerprint density at radius 1 is 1.35 bits per heavy atom. The standard InChI is InChI=1S/C10H19N5O2/c1-2-8-13-9(7-10(14-8)15-11)12-3-5-17-6-4-16/h7,16H,2-6,11H2,1H3,(H2,12,13,14,15). The molecule has 0 spiro atoms. The molecule has 5 N–H and O–H groups in total. The predicted octanol–water partition coefficient (Wildman–Crippen LogP) is -0.255. The maximum atomic E-state index is 8.53. The van der Waals surface area contributed by atoms with E-state index >= 15 is 0 Å². The molecule has 1 rings (SSSR count). The van der Waals surface area contributed by atoms with Crippen molar-refractivity contribution in [3.05, 3.63) is 11.9 Å². The van der Waals surface area contributed by atoms with Crippen LogP contribution >= 0.6 is 0 Å². The van der Waals surface area contributed by atoms with E-state index in [0.29, 0.717) is 31.4 Å². The van der Waals surface area contributed by atoms with Gasteiger partial charge in [0.1, 0.15) is 17.5 Å². The van der Waals surface area contributed by atoms with Crippen LogP contribution in [0.15, 0.2) is 6.07 Å². The van der Waals surface area contributed by atoms with E-state index in [1.54, 1.807) is 6.07 Å². The van der Waals surface area contributed by atoms with Crippen molar-refractivity contribution in [2.24, 2.45) is 5.84 Å². The number of hydrogen-bond donors (Lipinski definition) is 4. The van der Waals surface area contributed by atoms with Crippen molar-refractivity contribution in [2.45, 2.75) is 13.3 Å². The van der Waals surface area contributed by atoms with E-state index in [-0.39, 0.29) is 6.61 Å². The lowest BCUT2D eigenvalue weighted by molar-refractivity contribution is 0.0992. The van der Waals surface area contributed by atoms with E-state index in [9.17, 15) is 0 Å². The highest BCUT2D eigenvalue weighted by Gasteiger charge is 2.01. The molecule has 0 bridgehead atoms. The van der Waals surface area contributed by atoms with Gasteiger partial charge in [-0.05, 0) is 0 Å². The van der Waals surface area contributed by atoms with Gasteiger partial charge in [-0.15, -0.1) is 0 Å². The first-order valence-corrected chi connectivity index (χ1v) is 5.57. The van der Waals surface area contributed by atoms with Crippen molar-refractivity contribution in [2.75, 3.05) is 37.1 Å². The minimum absolute atomic E-state index is 0.0364. The Morgan fingerprint density at radius 2 is 2.12 bits per heavy atom. The van der Waals surface area contributed by atoms with Gasteiger partial charge in [-0.2, -0.15) is 0 Å². The van der Waals surface area contributed by atoms with Gasteiger partial charge in [-0.1, -0.05) is 6.92 Å². The fourth-order valence-electron chi connectivity index (χ4n) is 1.24. The zero-order valence-corrected chi connectivity index (χ0v) is 9.94. The highest BCUT2D eigenvalue weighted by atomic mass is 16.5. The van der Waals surface area contributed by atoms with E-state index in [1.807, 2.05) is 6.92 Å². The number of aryl methyl sites for hydroxylation is 1. The van der Waals surface area contributed by atoms with Crippen LogP contribution in [0.4, 0.5) is 11.6 Å². The number of aliphatic hydroxyl groups is 1. The maximum Gasteiger partial charge on any atom is 0.145 e. The lowest BCUT2D eigenvalue weighted by atomic mass is 10.4.